The molecule has 0 aromatic carbocycles. The van der Waals surface area contributed by atoms with Crippen LogP contribution < -0.4 is 5.73 Å². The van der Waals surface area contributed by atoms with E-state index in [9.17, 15) is 28.9 Å². The van der Waals surface area contributed by atoms with Crippen molar-refractivity contribution in [2.75, 3.05) is 19.8 Å². The number of ether oxygens (including phenoxy) is 2. The second-order valence-corrected chi connectivity index (χ2v) is 17.9. The molecule has 0 radical (unpaired) electrons. The molecule has 0 aromatic rings. The summed E-state index contributed by atoms with van der Waals surface area (Å²) in [5.74, 6) is -2.43. The molecule has 2 unspecified atom stereocenters. The van der Waals surface area contributed by atoms with Crippen molar-refractivity contribution in [3.05, 3.63) is 36.5 Å². The van der Waals surface area contributed by atoms with E-state index in [0.29, 0.717) is 19.3 Å². The van der Waals surface area contributed by atoms with Gasteiger partial charge in [-0.05, 0) is 38.5 Å². The summed E-state index contributed by atoms with van der Waals surface area (Å²) in [5, 5.41) is 18.8. The van der Waals surface area contributed by atoms with Gasteiger partial charge in [0.05, 0.1) is 19.3 Å². The van der Waals surface area contributed by atoms with Crippen LogP contribution in [0.4, 0.5) is 0 Å². The first-order chi connectivity index (χ1) is 29.5. The van der Waals surface area contributed by atoms with Crippen LogP contribution in [0.15, 0.2) is 36.5 Å². The summed E-state index contributed by atoms with van der Waals surface area (Å²) >= 11 is 0. The third-order valence-electron chi connectivity index (χ3n) is 10.5. The monoisotopic (exact) mass is 886 g/mol. The first kappa shape index (κ1) is 58.7. The van der Waals surface area contributed by atoms with Crippen molar-refractivity contribution in [2.24, 2.45) is 5.73 Å². The Morgan fingerprint density at radius 2 is 1.05 bits per heavy atom. The van der Waals surface area contributed by atoms with E-state index in [0.717, 1.165) is 57.8 Å². The predicted molar refractivity (Wildman–Crippen MR) is 246 cm³/mol. The molecule has 0 heterocycles. The molecule has 13 heteroatoms. The lowest BCUT2D eigenvalue weighted by molar-refractivity contribution is -0.161. The fraction of sp³-hybridized carbons (Fsp3) is 0.812. The van der Waals surface area contributed by atoms with Crippen LogP contribution in [0.2, 0.25) is 0 Å². The number of carboxylic acids is 1. The number of carboxylic acid groups (broad SMARTS) is 1. The number of aliphatic hydroxyl groups excluding tert-OH is 1. The molecule has 12 nitrogen and oxygen atoms in total. The van der Waals surface area contributed by atoms with Crippen LogP contribution in [0.25, 0.3) is 0 Å². The molecule has 0 aliphatic carbocycles. The Balaban J connectivity index is 4.29. The summed E-state index contributed by atoms with van der Waals surface area (Å²) in [6.45, 7) is 2.59. The van der Waals surface area contributed by atoms with Crippen molar-refractivity contribution in [2.45, 2.75) is 231 Å². The number of rotatable bonds is 45. The summed E-state index contributed by atoms with van der Waals surface area (Å²) in [5.41, 5.74) is 5.34. The van der Waals surface area contributed by atoms with E-state index in [4.69, 9.17) is 24.8 Å². The Bertz CT molecular complexity index is 1190. The quantitative estimate of drug-likeness (QED) is 0.0149. The third-order valence-corrected chi connectivity index (χ3v) is 11.4. The highest BCUT2D eigenvalue weighted by Crippen LogP contribution is 2.43. The lowest BCUT2D eigenvalue weighted by Crippen LogP contribution is -2.34. The van der Waals surface area contributed by atoms with Gasteiger partial charge < -0.3 is 30.3 Å². The van der Waals surface area contributed by atoms with E-state index in [2.05, 4.69) is 24.4 Å². The molecular weight excluding hydrogens is 797 g/mol. The maximum atomic E-state index is 12.6. The van der Waals surface area contributed by atoms with Gasteiger partial charge in [-0.25, -0.2) is 4.57 Å². The second kappa shape index (κ2) is 42.9. The van der Waals surface area contributed by atoms with E-state index in [-0.39, 0.29) is 19.4 Å². The third kappa shape index (κ3) is 42.7. The topological polar surface area (TPSA) is 192 Å². The van der Waals surface area contributed by atoms with Crippen LogP contribution >= 0.6 is 7.82 Å². The number of esters is 2. The fourth-order valence-corrected chi connectivity index (χ4v) is 7.47. The van der Waals surface area contributed by atoms with Crippen LogP contribution in [0.1, 0.15) is 213 Å². The van der Waals surface area contributed by atoms with Crippen LogP contribution in [0, 0.1) is 0 Å². The number of hydrogen-bond acceptors (Lipinski definition) is 10. The summed E-state index contributed by atoms with van der Waals surface area (Å²) < 4.78 is 32.7. The predicted octanol–water partition coefficient (Wildman–Crippen LogP) is 12.1. The zero-order valence-corrected chi connectivity index (χ0v) is 39.3. The molecule has 61 heavy (non-hydrogen) atoms. The van der Waals surface area contributed by atoms with Gasteiger partial charge >= 0.3 is 25.7 Å². The molecule has 0 bridgehead atoms. The Labute approximate surface area is 370 Å². The zero-order valence-electron chi connectivity index (χ0n) is 38.4. The number of unbranched alkanes of at least 4 members (excludes halogenated alkanes) is 25. The Hall–Kier alpha value is -2.34. The van der Waals surface area contributed by atoms with Gasteiger partial charge in [0.15, 0.2) is 6.10 Å². The van der Waals surface area contributed by atoms with Crippen molar-refractivity contribution < 1.29 is 52.6 Å². The minimum Gasteiger partial charge on any atom is -0.480 e. The van der Waals surface area contributed by atoms with Gasteiger partial charge in [0, 0.05) is 12.8 Å². The van der Waals surface area contributed by atoms with Crippen LogP contribution in [0.3, 0.4) is 0 Å². The first-order valence-electron chi connectivity index (χ1n) is 24.1. The zero-order chi connectivity index (χ0) is 45.1. The molecule has 0 saturated carbocycles. The molecule has 0 fully saturated rings. The molecule has 5 N–H and O–H groups in total. The largest absolute Gasteiger partial charge is 0.480 e. The van der Waals surface area contributed by atoms with E-state index in [1.165, 1.54) is 109 Å². The summed E-state index contributed by atoms with van der Waals surface area (Å²) in [4.78, 5) is 46.1. The number of aliphatic carboxylic acids is 1. The maximum absolute atomic E-state index is 12.6. The van der Waals surface area contributed by atoms with E-state index < -0.39 is 57.2 Å². The van der Waals surface area contributed by atoms with Crippen molar-refractivity contribution in [1.29, 1.82) is 0 Å². The van der Waals surface area contributed by atoms with E-state index >= 15 is 0 Å². The van der Waals surface area contributed by atoms with Crippen LogP contribution in [0.5, 0.6) is 0 Å². The minimum atomic E-state index is -4.74. The number of phosphoric acid groups is 1. The van der Waals surface area contributed by atoms with Gasteiger partial charge in [-0.1, -0.05) is 198 Å². The number of carbonyl (C=O) groups is 3. The lowest BCUT2D eigenvalue weighted by Gasteiger charge is -2.20. The number of nitrogens with two attached hydrogens (primary N) is 1. The molecule has 0 rings (SSSR count). The van der Waals surface area contributed by atoms with Crippen molar-refractivity contribution in [1.82, 2.24) is 0 Å². The van der Waals surface area contributed by atoms with Crippen LogP contribution in [-0.4, -0.2) is 71.1 Å². The summed E-state index contributed by atoms with van der Waals surface area (Å²) in [6, 6.07) is -1.53. The first-order valence-corrected chi connectivity index (χ1v) is 25.6. The standard InChI is InChI=1S/C48H88NO11P/c1-3-5-7-8-9-10-11-12-13-14-15-16-17-18-19-20-21-24-27-30-34-38-46(51)57-40-44(41-58-61(55,56)59-42-45(49)48(53)54)60-47(52)39-35-31-28-25-22-23-26-29-33-37-43(50)36-32-6-4-2/h6,26,29,32-33,37,43-45,50H,3-5,7-25,27-28,30-31,34-36,38-42,49H2,1-2H3,(H,53,54)(H,55,56)/b29-26+,32-6+,37-33+/t43?,44-,45+/m1/s1. The Kier molecular flexibility index (Phi) is 41.3. The summed E-state index contributed by atoms with van der Waals surface area (Å²) in [7, 11) is -4.74. The van der Waals surface area contributed by atoms with Gasteiger partial charge in [0.25, 0.3) is 0 Å². The molecule has 0 aliphatic rings. The molecule has 0 aliphatic heterocycles. The number of aliphatic hydroxyl groups is 1. The fourth-order valence-electron chi connectivity index (χ4n) is 6.69. The molecular formula is C48H88NO11P. The lowest BCUT2D eigenvalue weighted by atomic mass is 10.0. The smallest absolute Gasteiger partial charge is 0.472 e. The molecule has 0 spiro atoms. The SMILES string of the molecule is CC/C=C/CC(O)/C=C/C=C/CCCCCCCC(=O)O[C@H](COC(=O)CCCCCCCCCCCCCCCCCCCCCCC)COP(=O)(O)OC[C@H](N)C(=O)O. The average Bonchev–Trinajstić information content (AvgIpc) is 3.23. The minimum absolute atomic E-state index is 0.116. The normalized spacial score (nSPS) is 14.4. The molecule has 0 amide bonds. The van der Waals surface area contributed by atoms with E-state index in [1.54, 1.807) is 6.08 Å². The number of carbonyl (C=O) groups excluding carboxylic acids is 2. The highest BCUT2D eigenvalue weighted by atomic mass is 31.2. The maximum Gasteiger partial charge on any atom is 0.472 e. The highest BCUT2D eigenvalue weighted by molar-refractivity contribution is 7.47. The Morgan fingerprint density at radius 1 is 0.590 bits per heavy atom. The van der Waals surface area contributed by atoms with Gasteiger partial charge in [-0.15, -0.1) is 0 Å². The molecule has 0 aromatic heterocycles. The van der Waals surface area contributed by atoms with Crippen molar-refractivity contribution in [3.63, 3.8) is 0 Å². The van der Waals surface area contributed by atoms with Crippen LogP contribution in [-0.2, 0) is 37.5 Å². The van der Waals surface area contributed by atoms with Gasteiger partial charge in [-0.2, -0.15) is 0 Å². The molecule has 356 valence electrons. The number of phosphoric ester groups is 1. The molecule has 0 saturated heterocycles. The second-order valence-electron chi connectivity index (χ2n) is 16.4. The van der Waals surface area contributed by atoms with Gasteiger partial charge in [0.1, 0.15) is 12.6 Å². The van der Waals surface area contributed by atoms with Crippen molar-refractivity contribution in [3.8, 4) is 0 Å². The Morgan fingerprint density at radius 3 is 1.54 bits per heavy atom. The van der Waals surface area contributed by atoms with Crippen molar-refractivity contribution >= 4 is 25.7 Å². The molecule has 4 atom stereocenters. The van der Waals surface area contributed by atoms with Gasteiger partial charge in [0.2, 0.25) is 0 Å². The average molecular weight is 886 g/mol. The number of allylic oxidation sites excluding steroid dienone is 4. The van der Waals surface area contributed by atoms with E-state index in [1.807, 2.05) is 24.3 Å². The highest BCUT2D eigenvalue weighted by Gasteiger charge is 2.28. The number of hydrogen-bond donors (Lipinski definition) is 4. The van der Waals surface area contributed by atoms with Gasteiger partial charge in [-0.3, -0.25) is 23.4 Å². The summed E-state index contributed by atoms with van der Waals surface area (Å²) in [6.07, 6.45) is 44.0.